The third kappa shape index (κ3) is 5.95. The van der Waals surface area contributed by atoms with Crippen molar-refractivity contribution in [1.82, 2.24) is 9.62 Å². The lowest BCUT2D eigenvalue weighted by molar-refractivity contribution is -0.123. The molecule has 1 heterocycles. The maximum Gasteiger partial charge on any atom is 0.258 e. The van der Waals surface area contributed by atoms with E-state index in [0.29, 0.717) is 31.1 Å². The van der Waals surface area contributed by atoms with Crippen molar-refractivity contribution in [1.29, 1.82) is 0 Å². The molecule has 0 bridgehead atoms. The zero-order valence-corrected chi connectivity index (χ0v) is 17.3. The highest BCUT2D eigenvalue weighted by atomic mass is 32.2. The van der Waals surface area contributed by atoms with Gasteiger partial charge in [0.25, 0.3) is 5.91 Å². The van der Waals surface area contributed by atoms with Gasteiger partial charge in [0.05, 0.1) is 11.4 Å². The van der Waals surface area contributed by atoms with Crippen LogP contribution in [0.4, 0.5) is 0 Å². The van der Waals surface area contributed by atoms with Crippen LogP contribution in [0.25, 0.3) is 0 Å². The number of carbonyl (C=O) groups excluding carboxylic acids is 1. The number of carbonyl (C=O) groups is 1. The van der Waals surface area contributed by atoms with Crippen LogP contribution in [0, 0.1) is 6.92 Å². The first-order valence-electron chi connectivity index (χ1n) is 9.64. The normalized spacial score (nSPS) is 14.5. The van der Waals surface area contributed by atoms with E-state index in [2.05, 4.69) is 5.32 Å². The van der Waals surface area contributed by atoms with E-state index in [0.717, 1.165) is 18.4 Å². The number of nitrogens with zero attached hydrogens (tertiary/aromatic N) is 1. The highest BCUT2D eigenvalue weighted by Gasteiger charge is 2.26. The molecule has 0 spiro atoms. The van der Waals surface area contributed by atoms with Gasteiger partial charge >= 0.3 is 0 Å². The van der Waals surface area contributed by atoms with Gasteiger partial charge in [0.15, 0.2) is 6.61 Å². The summed E-state index contributed by atoms with van der Waals surface area (Å²) in [7, 11) is -3.42. The molecule has 0 aliphatic carbocycles. The Kier molecular flexibility index (Phi) is 7.11. The van der Waals surface area contributed by atoms with E-state index in [9.17, 15) is 13.2 Å². The first kappa shape index (κ1) is 21.1. The molecule has 1 saturated heterocycles. The Balaban J connectivity index is 1.38. The molecule has 0 saturated carbocycles. The van der Waals surface area contributed by atoms with E-state index in [4.69, 9.17) is 9.47 Å². The largest absolute Gasteiger partial charge is 0.492 e. The summed E-state index contributed by atoms with van der Waals surface area (Å²) in [5, 5.41) is 2.72. The van der Waals surface area contributed by atoms with E-state index < -0.39 is 10.0 Å². The second-order valence-electron chi connectivity index (χ2n) is 6.88. The van der Waals surface area contributed by atoms with Gasteiger partial charge in [-0.1, -0.05) is 17.7 Å². The molecule has 3 rings (SSSR count). The summed E-state index contributed by atoms with van der Waals surface area (Å²) in [5.74, 6) is 0.961. The molecule has 2 aromatic carbocycles. The molecule has 29 heavy (non-hydrogen) atoms. The Morgan fingerprint density at radius 1 is 0.966 bits per heavy atom. The van der Waals surface area contributed by atoms with Gasteiger partial charge in [0.2, 0.25) is 10.0 Å². The van der Waals surface area contributed by atoms with Gasteiger partial charge in [-0.3, -0.25) is 4.79 Å². The van der Waals surface area contributed by atoms with Crippen molar-refractivity contribution in [2.45, 2.75) is 24.7 Å². The summed E-state index contributed by atoms with van der Waals surface area (Å²) in [4.78, 5) is 12.1. The fraction of sp³-hybridized carbons (Fsp3) is 0.381. The molecular formula is C21H26N2O5S. The molecule has 1 aliphatic heterocycles. The summed E-state index contributed by atoms with van der Waals surface area (Å²) in [6.07, 6.45) is 1.81. The number of benzene rings is 2. The van der Waals surface area contributed by atoms with Gasteiger partial charge in [0.1, 0.15) is 18.1 Å². The Morgan fingerprint density at radius 2 is 1.55 bits per heavy atom. The summed E-state index contributed by atoms with van der Waals surface area (Å²) >= 11 is 0. The van der Waals surface area contributed by atoms with Gasteiger partial charge < -0.3 is 14.8 Å². The van der Waals surface area contributed by atoms with Crippen molar-refractivity contribution in [2.75, 3.05) is 32.8 Å². The van der Waals surface area contributed by atoms with Crippen LogP contribution in [-0.2, 0) is 14.8 Å². The van der Waals surface area contributed by atoms with E-state index >= 15 is 0 Å². The highest BCUT2D eigenvalue weighted by Crippen LogP contribution is 2.22. The number of rotatable bonds is 9. The second-order valence-corrected chi connectivity index (χ2v) is 8.82. The van der Waals surface area contributed by atoms with Crippen molar-refractivity contribution in [2.24, 2.45) is 0 Å². The van der Waals surface area contributed by atoms with E-state index in [1.807, 2.05) is 31.2 Å². The van der Waals surface area contributed by atoms with Gasteiger partial charge in [-0.2, -0.15) is 4.31 Å². The molecule has 0 unspecified atom stereocenters. The molecule has 156 valence electrons. The van der Waals surface area contributed by atoms with Crippen LogP contribution in [0.1, 0.15) is 18.4 Å². The maximum absolute atomic E-state index is 12.5. The van der Waals surface area contributed by atoms with Crippen LogP contribution in [-0.4, -0.2) is 51.5 Å². The minimum atomic E-state index is -3.42. The summed E-state index contributed by atoms with van der Waals surface area (Å²) in [6.45, 7) is 3.67. The predicted octanol–water partition coefficient (Wildman–Crippen LogP) is 2.35. The standard InChI is InChI=1S/C21H26N2O5S/c1-17-4-6-19(7-5-17)28-16-21(24)22-12-15-27-18-8-10-20(11-9-18)29(25,26)23-13-2-3-14-23/h4-11H,2-3,12-16H2,1H3,(H,22,24). The summed E-state index contributed by atoms with van der Waals surface area (Å²) in [5.41, 5.74) is 1.13. The minimum absolute atomic E-state index is 0.0634. The molecule has 2 aromatic rings. The molecule has 8 heteroatoms. The number of amides is 1. The smallest absolute Gasteiger partial charge is 0.258 e. The first-order chi connectivity index (χ1) is 13.9. The number of aryl methyl sites for hydroxylation is 1. The quantitative estimate of drug-likeness (QED) is 0.632. The zero-order valence-electron chi connectivity index (χ0n) is 16.5. The highest BCUT2D eigenvalue weighted by molar-refractivity contribution is 7.89. The number of hydrogen-bond acceptors (Lipinski definition) is 5. The zero-order chi connectivity index (χ0) is 20.7. The molecule has 7 nitrogen and oxygen atoms in total. The van der Waals surface area contributed by atoms with Gasteiger partial charge in [-0.15, -0.1) is 0 Å². The van der Waals surface area contributed by atoms with Gasteiger partial charge in [0, 0.05) is 13.1 Å². The van der Waals surface area contributed by atoms with E-state index in [1.165, 1.54) is 4.31 Å². The van der Waals surface area contributed by atoms with E-state index in [-0.39, 0.29) is 24.0 Å². The average Bonchev–Trinajstić information content (AvgIpc) is 3.27. The second kappa shape index (κ2) is 9.76. The monoisotopic (exact) mass is 418 g/mol. The lowest BCUT2D eigenvalue weighted by atomic mass is 10.2. The SMILES string of the molecule is Cc1ccc(OCC(=O)NCCOc2ccc(S(=O)(=O)N3CCCC3)cc2)cc1. The fourth-order valence-corrected chi connectivity index (χ4v) is 4.50. The molecule has 0 aromatic heterocycles. The maximum atomic E-state index is 12.5. The Bertz CT molecular complexity index is 905. The van der Waals surface area contributed by atoms with Crippen molar-refractivity contribution < 1.29 is 22.7 Å². The molecule has 0 radical (unpaired) electrons. The lowest BCUT2D eigenvalue weighted by Crippen LogP contribution is -2.32. The van der Waals surface area contributed by atoms with Crippen LogP contribution in [0.2, 0.25) is 0 Å². The summed E-state index contributed by atoms with van der Waals surface area (Å²) in [6, 6.07) is 13.8. The van der Waals surface area contributed by atoms with Crippen LogP contribution < -0.4 is 14.8 Å². The molecule has 1 aliphatic rings. The molecule has 1 fully saturated rings. The predicted molar refractivity (Wildman–Crippen MR) is 110 cm³/mol. The third-order valence-corrected chi connectivity index (χ3v) is 6.52. The van der Waals surface area contributed by atoms with Crippen molar-refractivity contribution >= 4 is 15.9 Å². The first-order valence-corrected chi connectivity index (χ1v) is 11.1. The topological polar surface area (TPSA) is 84.9 Å². The van der Waals surface area contributed by atoms with Crippen LogP contribution >= 0.6 is 0 Å². The van der Waals surface area contributed by atoms with E-state index in [1.54, 1.807) is 24.3 Å². The number of nitrogens with one attached hydrogen (secondary N) is 1. The molecule has 1 N–H and O–H groups in total. The van der Waals surface area contributed by atoms with Crippen molar-refractivity contribution in [3.05, 3.63) is 54.1 Å². The van der Waals surface area contributed by atoms with Crippen molar-refractivity contribution in [3.8, 4) is 11.5 Å². The molecule has 1 amide bonds. The number of ether oxygens (including phenoxy) is 2. The molecule has 0 atom stereocenters. The fourth-order valence-electron chi connectivity index (χ4n) is 2.98. The number of sulfonamides is 1. The van der Waals surface area contributed by atoms with Gasteiger partial charge in [-0.05, 0) is 56.2 Å². The number of hydrogen-bond donors (Lipinski definition) is 1. The van der Waals surface area contributed by atoms with Gasteiger partial charge in [-0.25, -0.2) is 8.42 Å². The van der Waals surface area contributed by atoms with Crippen molar-refractivity contribution in [3.63, 3.8) is 0 Å². The average molecular weight is 419 g/mol. The molecular weight excluding hydrogens is 392 g/mol. The minimum Gasteiger partial charge on any atom is -0.492 e. The Morgan fingerprint density at radius 3 is 2.21 bits per heavy atom. The van der Waals surface area contributed by atoms with Crippen LogP contribution in [0.15, 0.2) is 53.4 Å². The Labute approximate surface area is 171 Å². The third-order valence-electron chi connectivity index (χ3n) is 4.61. The van der Waals surface area contributed by atoms with Crippen LogP contribution in [0.5, 0.6) is 11.5 Å². The Hall–Kier alpha value is -2.58. The summed E-state index contributed by atoms with van der Waals surface area (Å²) < 4.78 is 37.5. The lowest BCUT2D eigenvalue weighted by Gasteiger charge is -2.15. The van der Waals surface area contributed by atoms with Crippen LogP contribution in [0.3, 0.4) is 0 Å².